The van der Waals surface area contributed by atoms with Crippen molar-refractivity contribution in [2.45, 2.75) is 111 Å². The second-order valence-electron chi connectivity index (χ2n) is 9.94. The van der Waals surface area contributed by atoms with Crippen LogP contribution in [0.5, 0.6) is 11.5 Å². The number of nitrogens with two attached hydrogens (primary N) is 1. The molecule has 0 saturated heterocycles. The lowest BCUT2D eigenvalue weighted by Crippen LogP contribution is -2.52. The van der Waals surface area contributed by atoms with Gasteiger partial charge >= 0.3 is 24.2 Å². The van der Waals surface area contributed by atoms with Crippen LogP contribution in [0.2, 0.25) is 0 Å². The van der Waals surface area contributed by atoms with Crippen LogP contribution < -0.4 is 15.2 Å². The highest BCUT2D eigenvalue weighted by molar-refractivity contribution is 5.79. The Balaban J connectivity index is 3.20. The zero-order chi connectivity index (χ0) is 29.8. The second kappa shape index (κ2) is 15.9. The molecule has 3 N–H and O–H groups in total. The first-order valence-corrected chi connectivity index (χ1v) is 13.4. The molecule has 0 amide bonds. The zero-order valence-corrected chi connectivity index (χ0v) is 24.0. The number of carbonyl (C=O) groups excluding carboxylic acids is 3. The van der Waals surface area contributed by atoms with E-state index >= 15 is 0 Å². The number of esters is 1. The van der Waals surface area contributed by atoms with Crippen molar-refractivity contribution in [1.82, 2.24) is 0 Å². The predicted molar refractivity (Wildman–Crippen MR) is 143 cm³/mol. The van der Waals surface area contributed by atoms with E-state index in [0.717, 1.165) is 6.42 Å². The smallest absolute Gasteiger partial charge is 0.480 e. The summed E-state index contributed by atoms with van der Waals surface area (Å²) in [7, 11) is 0. The van der Waals surface area contributed by atoms with Crippen molar-refractivity contribution >= 4 is 24.2 Å². The van der Waals surface area contributed by atoms with E-state index in [1.165, 1.54) is 18.2 Å². The van der Waals surface area contributed by atoms with Gasteiger partial charge in [-0.15, -0.1) is 0 Å². The van der Waals surface area contributed by atoms with E-state index in [4.69, 9.17) is 29.4 Å². The van der Waals surface area contributed by atoms with Gasteiger partial charge in [-0.1, -0.05) is 40.2 Å². The van der Waals surface area contributed by atoms with Crippen molar-refractivity contribution in [1.29, 1.82) is 0 Å². The van der Waals surface area contributed by atoms with E-state index in [1.807, 2.05) is 20.8 Å². The summed E-state index contributed by atoms with van der Waals surface area (Å²) in [6, 6.07) is 4.18. The summed E-state index contributed by atoms with van der Waals surface area (Å²) >= 11 is 0. The number of carbonyl (C=O) groups is 4. The van der Waals surface area contributed by atoms with Crippen LogP contribution in [0.25, 0.3) is 0 Å². The Hall–Kier alpha value is -3.34. The highest BCUT2D eigenvalue weighted by Gasteiger charge is 2.37. The molecule has 5 atom stereocenters. The van der Waals surface area contributed by atoms with Gasteiger partial charge in [0.2, 0.25) is 0 Å². The fraction of sp³-hybridized carbons (Fsp3) is 0.643. The molecule has 0 aromatic heterocycles. The summed E-state index contributed by atoms with van der Waals surface area (Å²) in [5, 5.41) is 9.94. The molecule has 0 radical (unpaired) electrons. The molecule has 0 aliphatic rings. The third-order valence-electron chi connectivity index (χ3n) is 6.18. The highest BCUT2D eigenvalue weighted by atomic mass is 16.7. The van der Waals surface area contributed by atoms with Crippen LogP contribution in [-0.2, 0) is 30.2 Å². The average Bonchev–Trinajstić information content (AvgIpc) is 2.85. The third-order valence-corrected chi connectivity index (χ3v) is 6.18. The maximum Gasteiger partial charge on any atom is 0.514 e. The normalized spacial score (nSPS) is 15.6. The molecule has 0 fully saturated rings. The van der Waals surface area contributed by atoms with Crippen LogP contribution in [0.1, 0.15) is 86.1 Å². The molecule has 4 unspecified atom stereocenters. The number of benzene rings is 1. The van der Waals surface area contributed by atoms with Gasteiger partial charge in [0.05, 0.1) is 5.92 Å². The van der Waals surface area contributed by atoms with Crippen molar-refractivity contribution in [2.24, 2.45) is 11.7 Å². The molecule has 1 rings (SSSR count). The van der Waals surface area contributed by atoms with E-state index in [1.54, 1.807) is 27.7 Å². The number of aliphatic carboxylic acids is 1. The predicted octanol–water partition coefficient (Wildman–Crippen LogP) is 5.40. The van der Waals surface area contributed by atoms with Gasteiger partial charge in [-0.2, -0.15) is 0 Å². The first kappa shape index (κ1) is 33.7. The SMILES string of the molecule is CCCC(C)C(=O)O[C@@H](C)CC(N)(Cc1ccc(OC(=O)OC(C)CC)c(OC(=O)OC(C)CC)c1)C(=O)O. The van der Waals surface area contributed by atoms with Gasteiger partial charge in [0, 0.05) is 12.8 Å². The number of ether oxygens (including phenoxy) is 5. The third kappa shape index (κ3) is 11.5. The lowest BCUT2D eigenvalue weighted by Gasteiger charge is -2.28. The number of rotatable bonds is 15. The van der Waals surface area contributed by atoms with Crippen molar-refractivity contribution in [3.63, 3.8) is 0 Å². The van der Waals surface area contributed by atoms with Crippen LogP contribution in [0, 0.1) is 5.92 Å². The summed E-state index contributed by atoms with van der Waals surface area (Å²) in [5.41, 5.74) is 4.83. The Labute approximate surface area is 230 Å². The standard InChI is InChI=1S/C28H43NO10/c1-8-11-17(4)24(30)35-20(7)15-28(29,25(31)32)16-21-12-13-22(38-26(33)36-18(5)9-2)23(14-21)39-27(34)37-19(6)10-3/h12-14,17-20H,8-11,15-16,29H2,1-7H3,(H,31,32)/t17?,18?,19?,20-,28?/m0/s1. The molecule has 11 heteroatoms. The quantitative estimate of drug-likeness (QED) is 0.163. The molecule has 0 aliphatic carbocycles. The van der Waals surface area contributed by atoms with Crippen molar-refractivity contribution in [2.75, 3.05) is 0 Å². The molecule has 0 spiro atoms. The molecule has 1 aromatic rings. The van der Waals surface area contributed by atoms with E-state index in [9.17, 15) is 24.3 Å². The maximum atomic E-state index is 12.3. The zero-order valence-electron chi connectivity index (χ0n) is 24.0. The van der Waals surface area contributed by atoms with Crippen molar-refractivity contribution < 1.29 is 48.0 Å². The lowest BCUT2D eigenvalue weighted by molar-refractivity contribution is -0.156. The Morgan fingerprint density at radius 1 is 0.846 bits per heavy atom. The number of carboxylic acids is 1. The molecule has 0 saturated carbocycles. The minimum Gasteiger partial charge on any atom is -0.480 e. The van der Waals surface area contributed by atoms with Gasteiger partial charge in [0.25, 0.3) is 0 Å². The summed E-state index contributed by atoms with van der Waals surface area (Å²) in [4.78, 5) is 49.0. The Kier molecular flexibility index (Phi) is 13.8. The van der Waals surface area contributed by atoms with Crippen LogP contribution in [0.3, 0.4) is 0 Å². The van der Waals surface area contributed by atoms with E-state index in [2.05, 4.69) is 0 Å². The first-order chi connectivity index (χ1) is 18.2. The van der Waals surface area contributed by atoms with Crippen LogP contribution >= 0.6 is 0 Å². The van der Waals surface area contributed by atoms with Gasteiger partial charge < -0.3 is 34.5 Å². The summed E-state index contributed by atoms with van der Waals surface area (Å²) < 4.78 is 26.2. The van der Waals surface area contributed by atoms with Gasteiger partial charge in [0.1, 0.15) is 23.9 Å². The van der Waals surface area contributed by atoms with Gasteiger partial charge in [-0.3, -0.25) is 9.59 Å². The van der Waals surface area contributed by atoms with Crippen LogP contribution in [0.15, 0.2) is 18.2 Å². The first-order valence-electron chi connectivity index (χ1n) is 13.4. The number of carboxylic acid groups (broad SMARTS) is 1. The monoisotopic (exact) mass is 553 g/mol. The molecule has 39 heavy (non-hydrogen) atoms. The Morgan fingerprint density at radius 3 is 1.87 bits per heavy atom. The van der Waals surface area contributed by atoms with Crippen molar-refractivity contribution in [3.05, 3.63) is 23.8 Å². The van der Waals surface area contributed by atoms with Gasteiger partial charge in [-0.25, -0.2) is 9.59 Å². The minimum atomic E-state index is -1.82. The largest absolute Gasteiger partial charge is 0.514 e. The van der Waals surface area contributed by atoms with Gasteiger partial charge in [-0.05, 0) is 57.7 Å². The molecule has 0 aliphatic heterocycles. The summed E-state index contributed by atoms with van der Waals surface area (Å²) in [6.45, 7) is 12.3. The molecule has 1 aromatic carbocycles. The molecule has 0 bridgehead atoms. The summed E-state index contributed by atoms with van der Waals surface area (Å²) in [6.07, 6.45) is -1.40. The number of hydrogen-bond donors (Lipinski definition) is 2. The fourth-order valence-corrected chi connectivity index (χ4v) is 3.57. The molecule has 11 nitrogen and oxygen atoms in total. The Morgan fingerprint density at radius 2 is 1.38 bits per heavy atom. The minimum absolute atomic E-state index is 0.127. The number of hydrogen-bond acceptors (Lipinski definition) is 10. The van der Waals surface area contributed by atoms with Crippen LogP contribution in [0.4, 0.5) is 9.59 Å². The maximum absolute atomic E-state index is 12.3. The average molecular weight is 554 g/mol. The highest BCUT2D eigenvalue weighted by Crippen LogP contribution is 2.32. The lowest BCUT2D eigenvalue weighted by atomic mass is 9.86. The second-order valence-corrected chi connectivity index (χ2v) is 9.94. The van der Waals surface area contributed by atoms with E-state index in [0.29, 0.717) is 24.8 Å². The molecular formula is C28H43NO10. The Bertz CT molecular complexity index is 981. The fourth-order valence-electron chi connectivity index (χ4n) is 3.57. The van der Waals surface area contributed by atoms with E-state index in [-0.39, 0.29) is 30.3 Å². The van der Waals surface area contributed by atoms with Gasteiger partial charge in [0.15, 0.2) is 11.5 Å². The topological polar surface area (TPSA) is 161 Å². The van der Waals surface area contributed by atoms with Crippen molar-refractivity contribution in [3.8, 4) is 11.5 Å². The van der Waals surface area contributed by atoms with Crippen LogP contribution in [-0.4, -0.2) is 53.2 Å². The van der Waals surface area contributed by atoms with E-state index < -0.39 is 48.1 Å². The molecular weight excluding hydrogens is 510 g/mol. The molecule has 220 valence electrons. The molecule has 0 heterocycles. The summed E-state index contributed by atoms with van der Waals surface area (Å²) in [5.74, 6) is -2.34.